The number of piperazine rings is 1. The highest BCUT2D eigenvalue weighted by Gasteiger charge is 2.36. The van der Waals surface area contributed by atoms with Gasteiger partial charge in [0.25, 0.3) is 5.91 Å². The fraction of sp³-hybridized carbons (Fsp3) is 0.217. The Balaban J connectivity index is 1.34. The van der Waals surface area contributed by atoms with Crippen molar-refractivity contribution >= 4 is 46.7 Å². The average Bonchev–Trinajstić information content (AvgIpc) is 2.86. The highest BCUT2D eigenvalue weighted by Crippen LogP contribution is 2.33. The second-order valence-electron chi connectivity index (χ2n) is 7.66. The average molecular weight is 540 g/mol. The molecule has 2 aromatic carbocycles. The van der Waals surface area contributed by atoms with Gasteiger partial charge in [0, 0.05) is 32.2 Å². The van der Waals surface area contributed by atoms with Crippen LogP contribution in [0.1, 0.15) is 15.9 Å². The Morgan fingerprint density at radius 2 is 1.56 bits per heavy atom. The fourth-order valence-electron chi connectivity index (χ4n) is 3.60. The van der Waals surface area contributed by atoms with Gasteiger partial charge in [-0.3, -0.25) is 10.1 Å². The minimum absolute atomic E-state index is 0.0722. The zero-order valence-electron chi connectivity index (χ0n) is 18.4. The first-order chi connectivity index (χ1) is 17.1. The maximum absolute atomic E-state index is 13.3. The second kappa shape index (κ2) is 10.6. The topological polar surface area (TPSA) is 87.7 Å². The number of para-hydroxylation sites is 1. The van der Waals surface area contributed by atoms with Gasteiger partial charge < -0.3 is 14.5 Å². The van der Waals surface area contributed by atoms with Crippen LogP contribution in [-0.2, 0) is 6.18 Å². The van der Waals surface area contributed by atoms with Crippen LogP contribution in [0.2, 0.25) is 10.0 Å². The zero-order valence-corrected chi connectivity index (χ0v) is 19.9. The lowest BCUT2D eigenvalue weighted by molar-refractivity contribution is -0.138. The quantitative estimate of drug-likeness (QED) is 0.479. The molecule has 0 bridgehead atoms. The summed E-state index contributed by atoms with van der Waals surface area (Å²) in [6.07, 6.45) is -5.48. The number of alkyl halides is 3. The Bertz CT molecular complexity index is 1250. The number of ether oxygens (including phenoxy) is 1. The summed E-state index contributed by atoms with van der Waals surface area (Å²) in [6, 6.07) is 12.5. The van der Waals surface area contributed by atoms with Gasteiger partial charge in [0.1, 0.15) is 0 Å². The molecule has 2 amide bonds. The van der Waals surface area contributed by atoms with Gasteiger partial charge in [0.15, 0.2) is 5.82 Å². The molecule has 1 N–H and O–H groups in total. The second-order valence-corrected chi connectivity index (χ2v) is 8.48. The summed E-state index contributed by atoms with van der Waals surface area (Å²) >= 11 is 12.0. The first-order valence-corrected chi connectivity index (χ1v) is 11.4. The number of aromatic nitrogens is 2. The molecule has 3 aromatic rings. The summed E-state index contributed by atoms with van der Waals surface area (Å²) in [5.74, 6) is -0.293. The minimum Gasteiger partial charge on any atom is -0.389 e. The van der Waals surface area contributed by atoms with Crippen molar-refractivity contribution in [3.8, 4) is 5.88 Å². The van der Waals surface area contributed by atoms with Crippen LogP contribution < -0.4 is 15.0 Å². The molecule has 0 unspecified atom stereocenters. The van der Waals surface area contributed by atoms with Gasteiger partial charge in [-0.2, -0.15) is 13.2 Å². The normalized spacial score (nSPS) is 13.9. The van der Waals surface area contributed by atoms with E-state index in [2.05, 4.69) is 15.5 Å². The van der Waals surface area contributed by atoms with E-state index in [-0.39, 0.29) is 40.3 Å². The third-order valence-corrected chi connectivity index (χ3v) is 6.00. The van der Waals surface area contributed by atoms with Crippen molar-refractivity contribution in [1.29, 1.82) is 0 Å². The van der Waals surface area contributed by atoms with Crippen molar-refractivity contribution in [2.45, 2.75) is 6.18 Å². The molecule has 188 valence electrons. The number of carbonyl (C=O) groups is 2. The molecule has 8 nitrogen and oxygen atoms in total. The van der Waals surface area contributed by atoms with Crippen LogP contribution in [0.15, 0.2) is 54.6 Å². The van der Waals surface area contributed by atoms with E-state index < -0.39 is 23.7 Å². The molecule has 4 rings (SSSR count). The molecule has 2 heterocycles. The number of halogens is 5. The number of anilines is 2. The van der Waals surface area contributed by atoms with Crippen molar-refractivity contribution in [2.24, 2.45) is 0 Å². The van der Waals surface area contributed by atoms with E-state index in [9.17, 15) is 22.8 Å². The van der Waals surface area contributed by atoms with E-state index in [1.807, 2.05) is 4.90 Å². The molecular weight excluding hydrogens is 522 g/mol. The van der Waals surface area contributed by atoms with Gasteiger partial charge in [-0.25, -0.2) is 4.79 Å². The lowest BCUT2D eigenvalue weighted by atomic mass is 10.1. The van der Waals surface area contributed by atoms with Crippen LogP contribution >= 0.6 is 23.2 Å². The van der Waals surface area contributed by atoms with Crippen LogP contribution in [-0.4, -0.2) is 53.3 Å². The summed E-state index contributed by atoms with van der Waals surface area (Å²) in [7, 11) is 0. The van der Waals surface area contributed by atoms with Gasteiger partial charge in [0.05, 0.1) is 26.9 Å². The molecule has 1 aromatic heterocycles. The summed E-state index contributed by atoms with van der Waals surface area (Å²) < 4.78 is 44.9. The minimum atomic E-state index is -4.62. The smallest absolute Gasteiger partial charge is 0.389 e. The molecule has 1 aliphatic rings. The SMILES string of the molecule is O=C(Nc1c(Cl)cccc1Cl)Oc1ccc(N2CCN(C(=O)c3ccccc3C(F)(F)F)CC2)nn1. The Kier molecular flexibility index (Phi) is 7.51. The number of carbonyl (C=O) groups excluding carboxylic acids is 2. The van der Waals surface area contributed by atoms with E-state index in [1.165, 1.54) is 29.2 Å². The first kappa shape index (κ1) is 25.5. The largest absolute Gasteiger partial charge is 0.418 e. The predicted octanol–water partition coefficient (Wildman–Crippen LogP) is 5.38. The van der Waals surface area contributed by atoms with Crippen molar-refractivity contribution in [1.82, 2.24) is 15.1 Å². The van der Waals surface area contributed by atoms with Crippen LogP contribution in [0.5, 0.6) is 5.88 Å². The van der Waals surface area contributed by atoms with Crippen LogP contribution in [0.4, 0.5) is 29.5 Å². The van der Waals surface area contributed by atoms with Crippen LogP contribution in [0.3, 0.4) is 0 Å². The molecule has 0 spiro atoms. The molecular formula is C23H18Cl2F3N5O3. The van der Waals surface area contributed by atoms with E-state index in [1.54, 1.807) is 24.3 Å². The van der Waals surface area contributed by atoms with Crippen molar-refractivity contribution < 1.29 is 27.5 Å². The third kappa shape index (κ3) is 5.80. The highest BCUT2D eigenvalue weighted by molar-refractivity contribution is 6.39. The number of hydrogen-bond donors (Lipinski definition) is 1. The number of hydrogen-bond acceptors (Lipinski definition) is 6. The fourth-order valence-corrected chi connectivity index (χ4v) is 4.09. The monoisotopic (exact) mass is 539 g/mol. The molecule has 0 atom stereocenters. The van der Waals surface area contributed by atoms with E-state index in [4.69, 9.17) is 27.9 Å². The number of amides is 2. The van der Waals surface area contributed by atoms with Crippen molar-refractivity contribution in [2.75, 3.05) is 36.4 Å². The summed E-state index contributed by atoms with van der Waals surface area (Å²) in [6.45, 7) is 1.07. The summed E-state index contributed by atoms with van der Waals surface area (Å²) in [5, 5.41) is 10.8. The number of nitrogens with zero attached hydrogens (tertiary/aromatic N) is 4. The van der Waals surface area contributed by atoms with Crippen LogP contribution in [0.25, 0.3) is 0 Å². The van der Waals surface area contributed by atoms with Gasteiger partial charge in [-0.05, 0) is 30.3 Å². The van der Waals surface area contributed by atoms with E-state index >= 15 is 0 Å². The lowest BCUT2D eigenvalue weighted by Crippen LogP contribution is -2.49. The zero-order chi connectivity index (χ0) is 25.9. The molecule has 13 heteroatoms. The van der Waals surface area contributed by atoms with Crippen molar-refractivity contribution in [3.05, 3.63) is 75.8 Å². The number of benzene rings is 2. The maximum atomic E-state index is 13.3. The standard InChI is InChI=1S/C23H18Cl2F3N5O3/c24-16-6-3-7-17(25)20(16)29-22(35)36-19-9-8-18(30-31-19)32-10-12-33(13-11-32)21(34)14-4-1-2-5-15(14)23(26,27)28/h1-9H,10-13H2,(H,29,35). The predicted molar refractivity (Wildman–Crippen MR) is 128 cm³/mol. The maximum Gasteiger partial charge on any atom is 0.418 e. The number of nitrogens with one attached hydrogen (secondary N) is 1. The van der Waals surface area contributed by atoms with Gasteiger partial charge >= 0.3 is 12.3 Å². The van der Waals surface area contributed by atoms with Gasteiger partial charge in [-0.1, -0.05) is 41.4 Å². The lowest BCUT2D eigenvalue weighted by Gasteiger charge is -2.35. The highest BCUT2D eigenvalue weighted by atomic mass is 35.5. The van der Waals surface area contributed by atoms with Crippen LogP contribution in [0, 0.1) is 0 Å². The molecule has 0 radical (unpaired) electrons. The Morgan fingerprint density at radius 3 is 2.17 bits per heavy atom. The molecule has 36 heavy (non-hydrogen) atoms. The third-order valence-electron chi connectivity index (χ3n) is 5.37. The van der Waals surface area contributed by atoms with Gasteiger partial charge in [0.2, 0.25) is 5.88 Å². The molecule has 1 fully saturated rings. The Labute approximate surface area is 213 Å². The van der Waals surface area contributed by atoms with Crippen molar-refractivity contribution in [3.63, 3.8) is 0 Å². The Morgan fingerprint density at radius 1 is 0.889 bits per heavy atom. The van der Waals surface area contributed by atoms with Gasteiger partial charge in [-0.15, -0.1) is 10.2 Å². The number of rotatable bonds is 4. The molecule has 1 saturated heterocycles. The Hall–Kier alpha value is -3.57. The summed E-state index contributed by atoms with van der Waals surface area (Å²) in [5.41, 5.74) is -1.14. The summed E-state index contributed by atoms with van der Waals surface area (Å²) in [4.78, 5) is 28.1. The van der Waals surface area contributed by atoms with E-state index in [0.29, 0.717) is 18.9 Å². The first-order valence-electron chi connectivity index (χ1n) is 10.6. The molecule has 0 aliphatic carbocycles. The molecule has 1 aliphatic heterocycles. The van der Waals surface area contributed by atoms with E-state index in [0.717, 1.165) is 6.07 Å². The molecule has 0 saturated carbocycles.